The van der Waals surface area contributed by atoms with Crippen molar-refractivity contribution in [1.29, 1.82) is 0 Å². The molecule has 1 aliphatic carbocycles. The molecule has 0 fully saturated rings. The van der Waals surface area contributed by atoms with E-state index in [4.69, 9.17) is 15.7 Å². The lowest BCUT2D eigenvalue weighted by Gasteiger charge is -2.14. The number of pyridine rings is 2. The van der Waals surface area contributed by atoms with Gasteiger partial charge in [-0.25, -0.2) is 24.3 Å². The van der Waals surface area contributed by atoms with E-state index < -0.39 is 0 Å². The van der Waals surface area contributed by atoms with E-state index in [1.165, 1.54) is 11.1 Å². The smallest absolute Gasteiger partial charge is 0.167 e. The van der Waals surface area contributed by atoms with E-state index in [1.807, 2.05) is 47.4 Å². The van der Waals surface area contributed by atoms with E-state index in [0.29, 0.717) is 17.5 Å². The van der Waals surface area contributed by atoms with E-state index in [1.54, 1.807) is 23.3 Å². The fourth-order valence-electron chi connectivity index (χ4n) is 4.89. The fraction of sp³-hybridized carbons (Fsp3) is 0.120. The molecule has 0 amide bonds. The van der Waals surface area contributed by atoms with Crippen molar-refractivity contribution in [3.8, 4) is 22.9 Å². The van der Waals surface area contributed by atoms with Crippen LogP contribution in [0.3, 0.4) is 0 Å². The molecule has 5 aromatic heterocycles. The molecule has 0 spiro atoms. The van der Waals surface area contributed by atoms with Gasteiger partial charge in [0.05, 0.1) is 17.8 Å². The molecule has 10 heteroatoms. The van der Waals surface area contributed by atoms with Gasteiger partial charge in [-0.1, -0.05) is 11.3 Å². The third-order valence-electron chi connectivity index (χ3n) is 6.50. The molecule has 0 saturated carbocycles. The average Bonchev–Trinajstić information content (AvgIpc) is 3.69. The number of anilines is 1. The van der Waals surface area contributed by atoms with Crippen LogP contribution in [-0.4, -0.2) is 44.3 Å². The summed E-state index contributed by atoms with van der Waals surface area (Å²) in [4.78, 5) is 14.1. The van der Waals surface area contributed by atoms with E-state index in [-0.39, 0.29) is 6.04 Å². The normalized spacial score (nSPS) is 15.0. The number of imidazole rings is 1. The number of aromatic nitrogens is 9. The lowest BCUT2D eigenvalue weighted by molar-refractivity contribution is 0.504. The number of nitrogens with zero attached hydrogens (tertiary/aromatic N) is 9. The van der Waals surface area contributed by atoms with Gasteiger partial charge in [-0.15, -0.1) is 5.10 Å². The summed E-state index contributed by atoms with van der Waals surface area (Å²) in [7, 11) is 0. The second-order valence-electron chi connectivity index (χ2n) is 8.49. The molecule has 5 heterocycles. The summed E-state index contributed by atoms with van der Waals surface area (Å²) >= 11 is 0. The van der Waals surface area contributed by atoms with Gasteiger partial charge >= 0.3 is 0 Å². The number of nitrogens with two attached hydrogens (primary N) is 1. The maximum Gasteiger partial charge on any atom is 0.167 e. The van der Waals surface area contributed by atoms with Crippen LogP contribution in [0.1, 0.15) is 23.6 Å². The Morgan fingerprint density at radius 3 is 2.74 bits per heavy atom. The molecule has 0 aliphatic heterocycles. The predicted octanol–water partition coefficient (Wildman–Crippen LogP) is 3.38. The van der Waals surface area contributed by atoms with Crippen molar-refractivity contribution >= 4 is 17.0 Å². The lowest BCUT2D eigenvalue weighted by Crippen LogP contribution is -2.08. The standard InChI is InChI=1S/C25H20N10/c26-23-19(3-1-10-27-23)24-30-20-7-9-22(34-13-2-11-29-34)31-25(20)35(24)17-5-6-18-16(15-17)4-8-21(18)33-14-12-28-32-33/h1-3,5-7,9-15,21H,4,8H2,(H2,26,27)/t21-/m1/s1. The van der Waals surface area contributed by atoms with Crippen molar-refractivity contribution in [3.63, 3.8) is 0 Å². The topological polar surface area (TPSA) is 118 Å². The monoisotopic (exact) mass is 460 g/mol. The van der Waals surface area contributed by atoms with Gasteiger partial charge in [0.25, 0.3) is 0 Å². The average molecular weight is 461 g/mol. The number of rotatable bonds is 4. The Morgan fingerprint density at radius 1 is 0.943 bits per heavy atom. The zero-order valence-electron chi connectivity index (χ0n) is 18.6. The zero-order chi connectivity index (χ0) is 23.4. The highest BCUT2D eigenvalue weighted by Crippen LogP contribution is 2.37. The Labute approximate surface area is 199 Å². The summed E-state index contributed by atoms with van der Waals surface area (Å²) in [5.74, 6) is 1.83. The van der Waals surface area contributed by atoms with Crippen LogP contribution in [0.4, 0.5) is 5.82 Å². The number of benzene rings is 1. The molecule has 0 radical (unpaired) electrons. The quantitative estimate of drug-likeness (QED) is 0.428. The first-order valence-corrected chi connectivity index (χ1v) is 11.4. The number of aryl methyl sites for hydroxylation is 1. The predicted molar refractivity (Wildman–Crippen MR) is 130 cm³/mol. The van der Waals surface area contributed by atoms with Crippen LogP contribution in [0.5, 0.6) is 0 Å². The van der Waals surface area contributed by atoms with Crippen molar-refractivity contribution < 1.29 is 0 Å². The first kappa shape index (κ1) is 19.6. The molecule has 1 aromatic carbocycles. The molecule has 35 heavy (non-hydrogen) atoms. The minimum absolute atomic E-state index is 0.194. The Balaban J connectivity index is 1.44. The number of fused-ring (bicyclic) bond motifs is 2. The second-order valence-corrected chi connectivity index (χ2v) is 8.49. The van der Waals surface area contributed by atoms with Crippen LogP contribution in [0, 0.1) is 0 Å². The molecule has 2 N–H and O–H groups in total. The van der Waals surface area contributed by atoms with E-state index in [9.17, 15) is 0 Å². The molecular formula is C25H20N10. The largest absolute Gasteiger partial charge is 0.383 e. The molecule has 0 bridgehead atoms. The fourth-order valence-corrected chi connectivity index (χ4v) is 4.89. The van der Waals surface area contributed by atoms with E-state index >= 15 is 0 Å². The van der Waals surface area contributed by atoms with Gasteiger partial charge in [-0.3, -0.25) is 4.57 Å². The minimum atomic E-state index is 0.194. The number of hydrogen-bond acceptors (Lipinski definition) is 7. The third-order valence-corrected chi connectivity index (χ3v) is 6.50. The summed E-state index contributed by atoms with van der Waals surface area (Å²) < 4.78 is 5.72. The summed E-state index contributed by atoms with van der Waals surface area (Å²) in [5.41, 5.74) is 12.0. The molecular weight excluding hydrogens is 440 g/mol. The summed E-state index contributed by atoms with van der Waals surface area (Å²) in [6, 6.07) is 16.2. The van der Waals surface area contributed by atoms with E-state index in [2.05, 4.69) is 43.2 Å². The molecule has 1 atom stereocenters. The van der Waals surface area contributed by atoms with Crippen molar-refractivity contribution in [2.24, 2.45) is 0 Å². The van der Waals surface area contributed by atoms with Crippen molar-refractivity contribution in [2.75, 3.05) is 5.73 Å². The highest BCUT2D eigenvalue weighted by atomic mass is 15.4. The van der Waals surface area contributed by atoms with Crippen molar-refractivity contribution in [3.05, 3.63) is 90.6 Å². The Bertz CT molecular complexity index is 1660. The van der Waals surface area contributed by atoms with Gasteiger partial charge < -0.3 is 5.73 Å². The van der Waals surface area contributed by atoms with Gasteiger partial charge in [0, 0.05) is 30.5 Å². The molecule has 6 aromatic rings. The van der Waals surface area contributed by atoms with E-state index in [0.717, 1.165) is 35.3 Å². The number of hydrogen-bond donors (Lipinski definition) is 1. The summed E-state index contributed by atoms with van der Waals surface area (Å²) in [5, 5.41) is 12.5. The second kappa shape index (κ2) is 7.59. The first-order valence-electron chi connectivity index (χ1n) is 11.4. The Hall–Kier alpha value is -4.86. The third kappa shape index (κ3) is 3.11. The van der Waals surface area contributed by atoms with Gasteiger partial charge in [0.2, 0.25) is 0 Å². The van der Waals surface area contributed by atoms with Crippen LogP contribution in [0.15, 0.2) is 79.5 Å². The van der Waals surface area contributed by atoms with Crippen LogP contribution in [0.25, 0.3) is 34.1 Å². The van der Waals surface area contributed by atoms with Crippen LogP contribution >= 0.6 is 0 Å². The van der Waals surface area contributed by atoms with Gasteiger partial charge in [0.1, 0.15) is 11.3 Å². The van der Waals surface area contributed by atoms with Crippen LogP contribution in [0.2, 0.25) is 0 Å². The van der Waals surface area contributed by atoms with Gasteiger partial charge in [-0.2, -0.15) is 5.10 Å². The molecule has 0 unspecified atom stereocenters. The summed E-state index contributed by atoms with van der Waals surface area (Å²) in [6.45, 7) is 0. The molecule has 1 aliphatic rings. The van der Waals surface area contributed by atoms with Crippen molar-refractivity contribution in [2.45, 2.75) is 18.9 Å². The van der Waals surface area contributed by atoms with Crippen LogP contribution < -0.4 is 5.73 Å². The first-order chi connectivity index (χ1) is 17.3. The highest BCUT2D eigenvalue weighted by Gasteiger charge is 2.26. The summed E-state index contributed by atoms with van der Waals surface area (Å²) in [6.07, 6.45) is 10.9. The highest BCUT2D eigenvalue weighted by molar-refractivity contribution is 5.83. The van der Waals surface area contributed by atoms with Gasteiger partial charge in [0.15, 0.2) is 17.3 Å². The molecule has 7 rings (SSSR count). The molecule has 170 valence electrons. The number of nitrogen functional groups attached to an aromatic ring is 1. The Morgan fingerprint density at radius 2 is 1.91 bits per heavy atom. The SMILES string of the molecule is Nc1ncccc1-c1nc2ccc(-n3cccn3)nc2n1-c1ccc2c(c1)CC[C@H]2n1ccnn1. The molecule has 0 saturated heterocycles. The Kier molecular flexibility index (Phi) is 4.25. The van der Waals surface area contributed by atoms with Gasteiger partial charge in [-0.05, 0) is 66.4 Å². The zero-order valence-corrected chi connectivity index (χ0v) is 18.6. The van der Waals surface area contributed by atoms with Crippen LogP contribution in [-0.2, 0) is 6.42 Å². The lowest BCUT2D eigenvalue weighted by atomic mass is 10.1. The maximum atomic E-state index is 6.28. The van der Waals surface area contributed by atoms with Crippen molar-refractivity contribution in [1.82, 2.24) is 44.3 Å². The molecule has 10 nitrogen and oxygen atoms in total. The minimum Gasteiger partial charge on any atom is -0.383 e. The maximum absolute atomic E-state index is 6.28.